The Morgan fingerprint density at radius 1 is 0.973 bits per heavy atom. The van der Waals surface area contributed by atoms with E-state index in [2.05, 4.69) is 25.5 Å². The van der Waals surface area contributed by atoms with E-state index < -0.39 is 5.97 Å². The molecule has 0 aliphatic carbocycles. The Morgan fingerprint density at radius 2 is 1.65 bits per heavy atom. The van der Waals surface area contributed by atoms with Crippen LogP contribution < -0.4 is 50.2 Å². The van der Waals surface area contributed by atoms with Crippen molar-refractivity contribution in [2.75, 3.05) is 29.9 Å². The number of carboxylic acids is 1. The van der Waals surface area contributed by atoms with Crippen molar-refractivity contribution < 1.29 is 44.3 Å². The maximum atomic E-state index is 12.8. The fraction of sp³-hybridized carbons (Fsp3) is 0.308. The first-order valence-electron chi connectivity index (χ1n) is 11.7. The Morgan fingerprint density at radius 3 is 2.32 bits per heavy atom. The number of carbonyl (C=O) groups is 2. The van der Waals surface area contributed by atoms with Crippen LogP contribution >= 0.6 is 24.4 Å². The summed E-state index contributed by atoms with van der Waals surface area (Å²) in [6, 6.07) is 15.0. The van der Waals surface area contributed by atoms with Gasteiger partial charge in [-0.2, -0.15) is 0 Å². The molecule has 11 heteroatoms. The molecule has 0 aliphatic rings. The summed E-state index contributed by atoms with van der Waals surface area (Å²) in [7, 11) is 0. The van der Waals surface area contributed by atoms with Gasteiger partial charge in [-0.3, -0.25) is 4.79 Å². The van der Waals surface area contributed by atoms with Gasteiger partial charge >= 0.3 is 29.6 Å². The molecule has 1 heterocycles. The summed E-state index contributed by atoms with van der Waals surface area (Å²) in [5, 5.41) is 17.0. The van der Waals surface area contributed by atoms with E-state index in [0.29, 0.717) is 53.3 Å². The van der Waals surface area contributed by atoms with Crippen LogP contribution in [0.25, 0.3) is 0 Å². The van der Waals surface area contributed by atoms with E-state index in [1.54, 1.807) is 24.3 Å². The van der Waals surface area contributed by atoms with Crippen molar-refractivity contribution in [2.24, 2.45) is 0 Å². The Kier molecular flexibility index (Phi) is 12.5. The van der Waals surface area contributed by atoms with Crippen LogP contribution in [0.3, 0.4) is 0 Å². The van der Waals surface area contributed by atoms with Crippen LogP contribution in [0.4, 0.5) is 17.2 Å². The fourth-order valence-electron chi connectivity index (χ4n) is 4.06. The average Bonchev–Trinajstić information content (AvgIpc) is 2.80. The first-order chi connectivity index (χ1) is 17.2. The minimum Gasteiger partial charge on any atom is -0.550 e. The van der Waals surface area contributed by atoms with Crippen molar-refractivity contribution in [1.82, 2.24) is 15.3 Å². The van der Waals surface area contributed by atoms with Crippen LogP contribution in [0, 0.1) is 23.3 Å². The van der Waals surface area contributed by atoms with E-state index >= 15 is 0 Å². The number of amides is 1. The van der Waals surface area contributed by atoms with Crippen LogP contribution in [0.5, 0.6) is 0 Å². The van der Waals surface area contributed by atoms with Crippen molar-refractivity contribution in [3.63, 3.8) is 0 Å². The zero-order valence-corrected chi connectivity index (χ0v) is 25.0. The number of H-pyrrole nitrogens is 2. The van der Waals surface area contributed by atoms with Crippen LogP contribution in [-0.2, 0) is 4.79 Å². The molecule has 0 atom stereocenters. The molecule has 190 valence electrons. The van der Waals surface area contributed by atoms with E-state index in [-0.39, 0.29) is 41.9 Å². The summed E-state index contributed by atoms with van der Waals surface area (Å²) in [6.45, 7) is 5.88. The largest absolute Gasteiger partial charge is 1.00 e. The topological polar surface area (TPSA) is 116 Å². The van der Waals surface area contributed by atoms with E-state index in [1.807, 2.05) is 38.1 Å². The van der Waals surface area contributed by atoms with Crippen molar-refractivity contribution >= 4 is 53.5 Å². The second-order valence-electron chi connectivity index (χ2n) is 8.52. The number of aliphatic carboxylic acids is 1. The molecular formula is C26H30N5NaO3S2. The van der Waals surface area contributed by atoms with Crippen molar-refractivity contribution in [3.05, 3.63) is 74.6 Å². The SMILES string of the molecule is Cc1cccc(C)c1N(CCCNC(=O)c1cccc(Nc2cc(=S)[nH]c(=S)[nH]2)c1)CCCC(=O)[O-].[Na+]. The number of hydrogen-bond acceptors (Lipinski definition) is 7. The van der Waals surface area contributed by atoms with Crippen LogP contribution in [0.15, 0.2) is 48.5 Å². The molecule has 37 heavy (non-hydrogen) atoms. The van der Waals surface area contributed by atoms with Gasteiger partial charge < -0.3 is 35.4 Å². The number of benzene rings is 2. The molecular weight excluding hydrogens is 517 g/mol. The molecule has 1 amide bonds. The van der Waals surface area contributed by atoms with Gasteiger partial charge in [0.15, 0.2) is 4.77 Å². The van der Waals surface area contributed by atoms with Crippen molar-refractivity contribution in [1.29, 1.82) is 0 Å². The molecule has 0 fully saturated rings. The number of carboxylic acid groups (broad SMARTS) is 1. The van der Waals surface area contributed by atoms with Crippen LogP contribution in [0.2, 0.25) is 0 Å². The third-order valence-electron chi connectivity index (χ3n) is 5.62. The molecule has 2 aromatic carbocycles. The molecule has 0 aliphatic heterocycles. The Labute approximate surface area is 249 Å². The van der Waals surface area contributed by atoms with E-state index in [4.69, 9.17) is 24.4 Å². The molecule has 3 rings (SSSR count). The molecule has 0 unspecified atom stereocenters. The first-order valence-corrected chi connectivity index (χ1v) is 12.5. The van der Waals surface area contributed by atoms with Gasteiger partial charge in [-0.25, -0.2) is 0 Å². The number of aromatic nitrogens is 2. The molecule has 0 saturated heterocycles. The van der Waals surface area contributed by atoms with E-state index in [1.165, 1.54) is 0 Å². The second kappa shape index (κ2) is 15.0. The molecule has 0 saturated carbocycles. The van der Waals surface area contributed by atoms with E-state index in [9.17, 15) is 14.7 Å². The van der Waals surface area contributed by atoms with Crippen molar-refractivity contribution in [3.8, 4) is 0 Å². The number of hydrogen-bond donors (Lipinski definition) is 4. The smallest absolute Gasteiger partial charge is 0.550 e. The number of aromatic amines is 2. The van der Waals surface area contributed by atoms with Gasteiger partial charge in [0, 0.05) is 48.6 Å². The summed E-state index contributed by atoms with van der Waals surface area (Å²) in [6.07, 6.45) is 1.23. The molecule has 0 spiro atoms. The third-order valence-corrected chi connectivity index (χ3v) is 6.04. The molecule has 3 aromatic rings. The number of carbonyl (C=O) groups excluding carboxylic acids is 2. The minimum atomic E-state index is -1.04. The van der Waals surface area contributed by atoms with Gasteiger partial charge in [0.25, 0.3) is 5.91 Å². The number of anilines is 3. The molecule has 4 N–H and O–H groups in total. The number of para-hydroxylation sites is 1. The molecule has 0 bridgehead atoms. The second-order valence-corrected chi connectivity index (χ2v) is 9.37. The minimum absolute atomic E-state index is 0. The predicted molar refractivity (Wildman–Crippen MR) is 146 cm³/mol. The van der Waals surface area contributed by atoms with Gasteiger partial charge in [0.2, 0.25) is 0 Å². The normalized spacial score (nSPS) is 10.3. The fourth-order valence-corrected chi connectivity index (χ4v) is 4.56. The van der Waals surface area contributed by atoms with Gasteiger partial charge in [-0.05, 0) is 74.7 Å². The summed E-state index contributed by atoms with van der Waals surface area (Å²) in [4.78, 5) is 31.6. The Bertz CT molecular complexity index is 1290. The predicted octanol–water partition coefficient (Wildman–Crippen LogP) is 1.32. The first kappa shape index (κ1) is 30.7. The monoisotopic (exact) mass is 547 g/mol. The standard InChI is InChI=1S/C26H31N5O3S2.Na/c1-17-7-3-8-18(2)24(17)31(13-5-11-23(32)33)14-6-12-27-25(34)19-9-4-10-20(15-19)28-21-16-22(35)30-26(36)29-21;/h3-4,7-10,15-16H,5-6,11-14H2,1-2H3,(H,27,34)(H,32,33)(H3,28,29,30,35,36);/q;+1/p-1. The maximum Gasteiger partial charge on any atom is 1.00 e. The quantitative estimate of drug-likeness (QED) is 0.154. The van der Waals surface area contributed by atoms with Crippen molar-refractivity contribution in [2.45, 2.75) is 33.1 Å². The Hall–Kier alpha value is -2.50. The zero-order chi connectivity index (χ0) is 26.1. The van der Waals surface area contributed by atoms with Gasteiger partial charge in [-0.15, -0.1) is 0 Å². The van der Waals surface area contributed by atoms with Gasteiger partial charge in [0.1, 0.15) is 10.5 Å². The van der Waals surface area contributed by atoms with Gasteiger partial charge in [-0.1, -0.05) is 36.5 Å². The van der Waals surface area contributed by atoms with Gasteiger partial charge in [0.05, 0.1) is 0 Å². The number of nitrogens with zero attached hydrogens (tertiary/aromatic N) is 1. The third kappa shape index (κ3) is 9.71. The number of rotatable bonds is 12. The van der Waals surface area contributed by atoms with Crippen LogP contribution in [-0.4, -0.2) is 41.5 Å². The summed E-state index contributed by atoms with van der Waals surface area (Å²) in [5.41, 5.74) is 4.64. The summed E-state index contributed by atoms with van der Waals surface area (Å²) >= 11 is 10.3. The molecule has 1 aromatic heterocycles. The average molecular weight is 548 g/mol. The van der Waals surface area contributed by atoms with E-state index in [0.717, 1.165) is 22.5 Å². The number of aryl methyl sites for hydroxylation is 2. The zero-order valence-electron chi connectivity index (χ0n) is 21.3. The molecule has 0 radical (unpaired) electrons. The van der Waals surface area contributed by atoms with Crippen LogP contribution in [0.1, 0.15) is 40.7 Å². The Balaban J connectivity index is 0.00000481. The summed E-state index contributed by atoms with van der Waals surface area (Å²) in [5.74, 6) is -0.586. The maximum absolute atomic E-state index is 12.8. The number of nitrogens with one attached hydrogen (secondary N) is 4. The summed E-state index contributed by atoms with van der Waals surface area (Å²) < 4.78 is 0.915. The molecule has 8 nitrogen and oxygen atoms in total.